The van der Waals surface area contributed by atoms with Gasteiger partial charge < -0.3 is 9.73 Å². The van der Waals surface area contributed by atoms with Gasteiger partial charge in [-0.1, -0.05) is 18.3 Å². The summed E-state index contributed by atoms with van der Waals surface area (Å²) in [6.07, 6.45) is 2.55. The molecular formula is C13H12FN3OS. The second-order valence-corrected chi connectivity index (χ2v) is 5.09. The number of hydrogen-bond donors (Lipinski definition) is 1. The molecule has 1 N–H and O–H groups in total. The van der Waals surface area contributed by atoms with Crippen LogP contribution in [0, 0.1) is 5.82 Å². The van der Waals surface area contributed by atoms with E-state index in [1.807, 2.05) is 6.92 Å². The molecule has 2 heterocycles. The molecule has 2 aromatic heterocycles. The second-order valence-electron chi connectivity index (χ2n) is 4.06. The molecule has 0 bridgehead atoms. The second kappa shape index (κ2) is 4.97. The molecule has 0 saturated carbocycles. The minimum absolute atomic E-state index is 0.273. The van der Waals surface area contributed by atoms with E-state index in [0.29, 0.717) is 18.0 Å². The van der Waals surface area contributed by atoms with Gasteiger partial charge in [-0.2, -0.15) is 0 Å². The molecule has 0 saturated heterocycles. The quantitative estimate of drug-likeness (QED) is 0.791. The van der Waals surface area contributed by atoms with Crippen LogP contribution >= 0.6 is 11.3 Å². The van der Waals surface area contributed by atoms with Gasteiger partial charge in [0.15, 0.2) is 5.13 Å². The van der Waals surface area contributed by atoms with E-state index >= 15 is 0 Å². The highest BCUT2D eigenvalue weighted by atomic mass is 32.1. The topological polar surface area (TPSA) is 51.0 Å². The summed E-state index contributed by atoms with van der Waals surface area (Å²) in [6, 6.07) is 4.59. The molecule has 0 fully saturated rings. The van der Waals surface area contributed by atoms with Crippen LogP contribution in [-0.2, 0) is 13.0 Å². The van der Waals surface area contributed by atoms with Crippen molar-refractivity contribution in [3.05, 3.63) is 41.9 Å². The Hall–Kier alpha value is -1.95. The van der Waals surface area contributed by atoms with Crippen LogP contribution in [-0.4, -0.2) is 9.97 Å². The third kappa shape index (κ3) is 2.58. The van der Waals surface area contributed by atoms with Crippen molar-refractivity contribution in [2.24, 2.45) is 0 Å². The third-order valence-corrected chi connectivity index (χ3v) is 3.68. The molecule has 98 valence electrons. The molecule has 0 aliphatic carbocycles. The van der Waals surface area contributed by atoms with Crippen LogP contribution in [0.5, 0.6) is 0 Å². The van der Waals surface area contributed by atoms with Gasteiger partial charge in [0.05, 0.1) is 23.0 Å². The zero-order valence-electron chi connectivity index (χ0n) is 10.3. The molecule has 19 heavy (non-hydrogen) atoms. The number of halogens is 1. The predicted molar refractivity (Wildman–Crippen MR) is 72.8 cm³/mol. The highest BCUT2D eigenvalue weighted by molar-refractivity contribution is 7.22. The minimum Gasteiger partial charge on any atom is -0.444 e. The van der Waals surface area contributed by atoms with E-state index in [1.165, 1.54) is 23.5 Å². The van der Waals surface area contributed by atoms with E-state index in [1.54, 1.807) is 12.3 Å². The number of benzene rings is 1. The molecule has 3 aromatic rings. The van der Waals surface area contributed by atoms with Crippen molar-refractivity contribution < 1.29 is 8.81 Å². The first-order chi connectivity index (χ1) is 9.24. The van der Waals surface area contributed by atoms with Crippen molar-refractivity contribution in [3.63, 3.8) is 0 Å². The molecule has 0 aliphatic rings. The van der Waals surface area contributed by atoms with Crippen LogP contribution < -0.4 is 5.32 Å². The summed E-state index contributed by atoms with van der Waals surface area (Å²) < 4.78 is 19.5. The zero-order chi connectivity index (χ0) is 13.2. The number of aryl methyl sites for hydroxylation is 1. The number of hydrogen-bond acceptors (Lipinski definition) is 5. The predicted octanol–water partition coefficient (Wildman–Crippen LogP) is 3.60. The summed E-state index contributed by atoms with van der Waals surface area (Å²) >= 11 is 1.48. The van der Waals surface area contributed by atoms with E-state index in [0.717, 1.165) is 22.0 Å². The fraction of sp³-hybridized carbons (Fsp3) is 0.231. The SMILES string of the molecule is CCc1cnc(CNc2nc3cc(F)ccc3s2)o1. The van der Waals surface area contributed by atoms with Crippen LogP contribution in [0.3, 0.4) is 0 Å². The Kier molecular flexibility index (Phi) is 3.16. The van der Waals surface area contributed by atoms with Crippen LogP contribution in [0.4, 0.5) is 9.52 Å². The molecule has 0 amide bonds. The lowest BCUT2D eigenvalue weighted by Crippen LogP contribution is -1.98. The summed E-state index contributed by atoms with van der Waals surface area (Å²) in [4.78, 5) is 8.47. The number of anilines is 1. The van der Waals surface area contributed by atoms with Crippen LogP contribution in [0.2, 0.25) is 0 Å². The lowest BCUT2D eigenvalue weighted by molar-refractivity contribution is 0.466. The van der Waals surface area contributed by atoms with Crippen LogP contribution in [0.25, 0.3) is 10.2 Å². The number of oxazole rings is 1. The smallest absolute Gasteiger partial charge is 0.213 e. The van der Waals surface area contributed by atoms with Crippen molar-refractivity contribution in [1.82, 2.24) is 9.97 Å². The van der Waals surface area contributed by atoms with E-state index in [9.17, 15) is 4.39 Å². The zero-order valence-corrected chi connectivity index (χ0v) is 11.1. The molecule has 0 spiro atoms. The van der Waals surface area contributed by atoms with Crippen molar-refractivity contribution in [2.75, 3.05) is 5.32 Å². The maximum atomic E-state index is 13.1. The monoisotopic (exact) mass is 277 g/mol. The first kappa shape index (κ1) is 12.1. The largest absolute Gasteiger partial charge is 0.444 e. The number of aromatic nitrogens is 2. The van der Waals surface area contributed by atoms with E-state index < -0.39 is 0 Å². The maximum Gasteiger partial charge on any atom is 0.213 e. The average Bonchev–Trinajstić information content (AvgIpc) is 3.01. The summed E-state index contributed by atoms with van der Waals surface area (Å²) in [6.45, 7) is 2.49. The molecule has 0 radical (unpaired) electrons. The Balaban J connectivity index is 1.74. The Morgan fingerprint density at radius 1 is 1.42 bits per heavy atom. The number of nitrogens with one attached hydrogen (secondary N) is 1. The summed E-state index contributed by atoms with van der Waals surface area (Å²) in [5, 5.41) is 3.87. The highest BCUT2D eigenvalue weighted by Crippen LogP contribution is 2.26. The summed E-state index contributed by atoms with van der Waals surface area (Å²) in [7, 11) is 0. The fourth-order valence-electron chi connectivity index (χ4n) is 1.72. The van der Waals surface area contributed by atoms with Crippen LogP contribution in [0.15, 0.2) is 28.8 Å². The van der Waals surface area contributed by atoms with Gasteiger partial charge in [0, 0.05) is 12.5 Å². The molecule has 0 aliphatic heterocycles. The molecular weight excluding hydrogens is 265 g/mol. The van der Waals surface area contributed by atoms with Gasteiger partial charge in [0.2, 0.25) is 5.89 Å². The first-order valence-corrected chi connectivity index (χ1v) is 6.80. The molecule has 0 atom stereocenters. The minimum atomic E-state index is -0.273. The number of fused-ring (bicyclic) bond motifs is 1. The van der Waals surface area contributed by atoms with Crippen LogP contribution in [0.1, 0.15) is 18.6 Å². The number of thiazole rings is 1. The summed E-state index contributed by atoms with van der Waals surface area (Å²) in [5.41, 5.74) is 0.661. The van der Waals surface area contributed by atoms with Crippen molar-refractivity contribution in [2.45, 2.75) is 19.9 Å². The third-order valence-electron chi connectivity index (χ3n) is 2.69. The highest BCUT2D eigenvalue weighted by Gasteiger charge is 2.06. The van der Waals surface area contributed by atoms with Gasteiger partial charge in [0.25, 0.3) is 0 Å². The lowest BCUT2D eigenvalue weighted by Gasteiger charge is -1.97. The molecule has 3 rings (SSSR count). The van der Waals surface area contributed by atoms with Gasteiger partial charge in [0.1, 0.15) is 11.6 Å². The Bertz CT molecular complexity index is 707. The number of nitrogens with zero attached hydrogens (tertiary/aromatic N) is 2. The molecule has 0 unspecified atom stereocenters. The summed E-state index contributed by atoms with van der Waals surface area (Å²) in [5.74, 6) is 1.22. The van der Waals surface area contributed by atoms with E-state index in [-0.39, 0.29) is 5.82 Å². The molecule has 4 nitrogen and oxygen atoms in total. The molecule has 1 aromatic carbocycles. The average molecular weight is 277 g/mol. The fourth-order valence-corrected chi connectivity index (χ4v) is 2.56. The Morgan fingerprint density at radius 3 is 3.11 bits per heavy atom. The van der Waals surface area contributed by atoms with Crippen molar-refractivity contribution in [3.8, 4) is 0 Å². The Labute approximate surface area is 113 Å². The Morgan fingerprint density at radius 2 is 2.32 bits per heavy atom. The van der Waals surface area contributed by atoms with Gasteiger partial charge in [-0.25, -0.2) is 14.4 Å². The first-order valence-electron chi connectivity index (χ1n) is 5.98. The van der Waals surface area contributed by atoms with Crippen molar-refractivity contribution in [1.29, 1.82) is 0 Å². The maximum absolute atomic E-state index is 13.1. The normalized spacial score (nSPS) is 11.1. The lowest BCUT2D eigenvalue weighted by atomic mass is 10.3. The van der Waals surface area contributed by atoms with Gasteiger partial charge in [-0.15, -0.1) is 0 Å². The van der Waals surface area contributed by atoms with Gasteiger partial charge in [-0.3, -0.25) is 0 Å². The standard InChI is InChI=1S/C13H12FN3OS/c1-2-9-6-15-12(18-9)7-16-13-17-10-5-8(14)3-4-11(10)19-13/h3-6H,2,7H2,1H3,(H,16,17). The van der Waals surface area contributed by atoms with E-state index in [2.05, 4.69) is 15.3 Å². The van der Waals surface area contributed by atoms with Gasteiger partial charge in [-0.05, 0) is 12.1 Å². The van der Waals surface area contributed by atoms with Gasteiger partial charge >= 0.3 is 0 Å². The molecule has 6 heteroatoms. The van der Waals surface area contributed by atoms with E-state index in [4.69, 9.17) is 4.42 Å². The number of rotatable bonds is 4. The van der Waals surface area contributed by atoms with Crippen molar-refractivity contribution >= 4 is 26.7 Å².